The predicted molar refractivity (Wildman–Crippen MR) is 130 cm³/mol. The SMILES string of the molecule is Cc1ccc(N2C(=O)NC(=O)/C(=C\c3ccc(OCc4ccc(Br)cc4)cc3)C2=O)c(C)c1. The van der Waals surface area contributed by atoms with Crippen LogP contribution in [0.1, 0.15) is 22.3 Å². The van der Waals surface area contributed by atoms with Crippen LogP contribution in [0.3, 0.4) is 0 Å². The summed E-state index contributed by atoms with van der Waals surface area (Å²) in [6, 6.07) is 19.5. The number of barbiturate groups is 1. The monoisotopic (exact) mass is 504 g/mol. The van der Waals surface area contributed by atoms with Crippen molar-refractivity contribution in [2.24, 2.45) is 0 Å². The Morgan fingerprint density at radius 2 is 1.64 bits per heavy atom. The number of rotatable bonds is 5. The topological polar surface area (TPSA) is 75.7 Å². The molecule has 0 atom stereocenters. The van der Waals surface area contributed by atoms with Gasteiger partial charge in [-0.3, -0.25) is 14.9 Å². The number of halogens is 1. The van der Waals surface area contributed by atoms with E-state index in [2.05, 4.69) is 21.2 Å². The zero-order valence-corrected chi connectivity index (χ0v) is 19.7. The lowest BCUT2D eigenvalue weighted by Gasteiger charge is -2.27. The van der Waals surface area contributed by atoms with Crippen molar-refractivity contribution in [3.8, 4) is 5.75 Å². The van der Waals surface area contributed by atoms with Crippen LogP contribution in [0, 0.1) is 13.8 Å². The van der Waals surface area contributed by atoms with E-state index in [0.29, 0.717) is 23.6 Å². The fourth-order valence-corrected chi connectivity index (χ4v) is 3.77. The molecule has 1 aliphatic heterocycles. The third-order valence-electron chi connectivity index (χ3n) is 5.20. The van der Waals surface area contributed by atoms with E-state index in [1.165, 1.54) is 6.08 Å². The number of ether oxygens (including phenoxy) is 1. The van der Waals surface area contributed by atoms with Crippen molar-refractivity contribution < 1.29 is 19.1 Å². The van der Waals surface area contributed by atoms with Gasteiger partial charge in [0.05, 0.1) is 5.69 Å². The second kappa shape index (κ2) is 9.42. The van der Waals surface area contributed by atoms with E-state index in [9.17, 15) is 14.4 Å². The van der Waals surface area contributed by atoms with E-state index in [-0.39, 0.29) is 5.57 Å². The third-order valence-corrected chi connectivity index (χ3v) is 5.73. The standard InChI is InChI=1S/C26H21BrN2O4/c1-16-3-12-23(17(2)13-16)29-25(31)22(24(30)28-26(29)32)14-18-6-10-21(11-7-18)33-15-19-4-8-20(27)9-5-19/h3-14H,15H2,1-2H3,(H,28,30,32)/b22-14+. The lowest BCUT2D eigenvalue weighted by atomic mass is 10.0. The molecule has 0 spiro atoms. The van der Waals surface area contributed by atoms with Crippen molar-refractivity contribution in [1.29, 1.82) is 0 Å². The highest BCUT2D eigenvalue weighted by molar-refractivity contribution is 9.10. The van der Waals surface area contributed by atoms with Gasteiger partial charge < -0.3 is 4.74 Å². The van der Waals surface area contributed by atoms with E-state index >= 15 is 0 Å². The Bertz CT molecular complexity index is 1260. The van der Waals surface area contributed by atoms with Gasteiger partial charge in [0.15, 0.2) is 0 Å². The number of carbonyl (C=O) groups excluding carboxylic acids is 3. The van der Waals surface area contributed by atoms with Gasteiger partial charge in [0.25, 0.3) is 11.8 Å². The highest BCUT2D eigenvalue weighted by Gasteiger charge is 2.37. The maximum absolute atomic E-state index is 13.1. The first-order chi connectivity index (χ1) is 15.8. The second-order valence-electron chi connectivity index (χ2n) is 7.73. The van der Waals surface area contributed by atoms with Crippen LogP contribution in [0.5, 0.6) is 5.75 Å². The Morgan fingerprint density at radius 3 is 2.30 bits per heavy atom. The van der Waals surface area contributed by atoms with Crippen LogP contribution >= 0.6 is 15.9 Å². The van der Waals surface area contributed by atoms with Crippen LogP contribution in [0.4, 0.5) is 10.5 Å². The second-order valence-corrected chi connectivity index (χ2v) is 8.65. The van der Waals surface area contributed by atoms with Crippen LogP contribution < -0.4 is 15.0 Å². The number of benzene rings is 3. The molecule has 0 bridgehead atoms. The summed E-state index contributed by atoms with van der Waals surface area (Å²) in [7, 11) is 0. The molecule has 6 nitrogen and oxygen atoms in total. The molecule has 4 amide bonds. The highest BCUT2D eigenvalue weighted by Crippen LogP contribution is 2.26. The van der Waals surface area contributed by atoms with Crippen molar-refractivity contribution in [2.75, 3.05) is 4.90 Å². The molecule has 3 aromatic carbocycles. The van der Waals surface area contributed by atoms with Crippen molar-refractivity contribution in [2.45, 2.75) is 20.5 Å². The van der Waals surface area contributed by atoms with Gasteiger partial charge in [-0.1, -0.05) is 57.9 Å². The summed E-state index contributed by atoms with van der Waals surface area (Å²) < 4.78 is 6.80. The summed E-state index contributed by atoms with van der Waals surface area (Å²) in [5.41, 5.74) is 3.77. The van der Waals surface area contributed by atoms with E-state index in [1.54, 1.807) is 30.3 Å². The number of anilines is 1. The summed E-state index contributed by atoms with van der Waals surface area (Å²) in [5.74, 6) is -0.723. The number of carbonyl (C=O) groups is 3. The van der Waals surface area contributed by atoms with Gasteiger partial charge in [-0.25, -0.2) is 9.69 Å². The van der Waals surface area contributed by atoms with Crippen molar-refractivity contribution >= 4 is 45.5 Å². The molecular formula is C26H21BrN2O4. The molecule has 1 heterocycles. The van der Waals surface area contributed by atoms with Crippen molar-refractivity contribution in [3.05, 3.63) is 99.0 Å². The molecule has 166 valence electrons. The summed E-state index contributed by atoms with van der Waals surface area (Å²) in [5, 5.41) is 2.26. The van der Waals surface area contributed by atoms with Gasteiger partial charge in [0, 0.05) is 4.47 Å². The molecule has 33 heavy (non-hydrogen) atoms. The smallest absolute Gasteiger partial charge is 0.335 e. The molecule has 0 aliphatic carbocycles. The number of nitrogens with one attached hydrogen (secondary N) is 1. The molecule has 1 saturated heterocycles. The molecule has 1 fully saturated rings. The number of hydrogen-bond donors (Lipinski definition) is 1. The number of urea groups is 1. The maximum Gasteiger partial charge on any atom is 0.335 e. The highest BCUT2D eigenvalue weighted by atomic mass is 79.9. The van der Waals surface area contributed by atoms with E-state index in [0.717, 1.165) is 26.1 Å². The molecule has 0 radical (unpaired) electrons. The zero-order valence-electron chi connectivity index (χ0n) is 18.1. The van der Waals surface area contributed by atoms with E-state index in [1.807, 2.05) is 50.2 Å². The van der Waals surface area contributed by atoms with Crippen molar-refractivity contribution in [1.82, 2.24) is 5.32 Å². The summed E-state index contributed by atoms with van der Waals surface area (Å²) in [4.78, 5) is 38.9. The summed E-state index contributed by atoms with van der Waals surface area (Å²) >= 11 is 3.40. The van der Waals surface area contributed by atoms with Gasteiger partial charge in [0.2, 0.25) is 0 Å². The van der Waals surface area contributed by atoms with Gasteiger partial charge in [-0.15, -0.1) is 0 Å². The number of aryl methyl sites for hydroxylation is 2. The lowest BCUT2D eigenvalue weighted by molar-refractivity contribution is -0.122. The van der Waals surface area contributed by atoms with Crippen molar-refractivity contribution in [3.63, 3.8) is 0 Å². The minimum atomic E-state index is -0.759. The van der Waals surface area contributed by atoms with Crippen LogP contribution in [0.25, 0.3) is 6.08 Å². The average molecular weight is 505 g/mol. The van der Waals surface area contributed by atoms with Gasteiger partial charge in [-0.05, 0) is 66.9 Å². The molecule has 1 N–H and O–H groups in total. The molecule has 0 unspecified atom stereocenters. The van der Waals surface area contributed by atoms with E-state index in [4.69, 9.17) is 4.74 Å². The minimum Gasteiger partial charge on any atom is -0.489 e. The Hall–Kier alpha value is -3.71. The maximum atomic E-state index is 13.1. The first-order valence-electron chi connectivity index (χ1n) is 10.3. The van der Waals surface area contributed by atoms with Crippen LogP contribution in [0.15, 0.2) is 76.8 Å². The molecule has 1 aliphatic rings. The zero-order chi connectivity index (χ0) is 23.5. The number of imide groups is 2. The number of hydrogen-bond acceptors (Lipinski definition) is 4. The molecule has 0 aromatic heterocycles. The molecule has 0 saturated carbocycles. The summed E-state index contributed by atoms with van der Waals surface area (Å²) in [6.07, 6.45) is 1.47. The largest absolute Gasteiger partial charge is 0.489 e. The quantitative estimate of drug-likeness (QED) is 0.377. The molecule has 4 rings (SSSR count). The first-order valence-corrected chi connectivity index (χ1v) is 11.1. The Morgan fingerprint density at radius 1 is 0.939 bits per heavy atom. The molecular weight excluding hydrogens is 484 g/mol. The average Bonchev–Trinajstić information content (AvgIpc) is 2.78. The number of amides is 4. The van der Waals surface area contributed by atoms with Gasteiger partial charge in [0.1, 0.15) is 17.9 Å². The lowest BCUT2D eigenvalue weighted by Crippen LogP contribution is -2.54. The Labute approximate surface area is 200 Å². The Balaban J connectivity index is 1.53. The van der Waals surface area contributed by atoms with E-state index < -0.39 is 17.8 Å². The normalized spacial score (nSPS) is 15.1. The third kappa shape index (κ3) is 5.04. The molecule has 7 heteroatoms. The fraction of sp³-hybridized carbons (Fsp3) is 0.115. The number of nitrogens with zero attached hydrogens (tertiary/aromatic N) is 1. The van der Waals surface area contributed by atoms with Crippen LogP contribution in [0.2, 0.25) is 0 Å². The minimum absolute atomic E-state index is 0.113. The molecule has 3 aromatic rings. The fourth-order valence-electron chi connectivity index (χ4n) is 3.51. The first kappa shape index (κ1) is 22.5. The van der Waals surface area contributed by atoms with Crippen LogP contribution in [-0.4, -0.2) is 17.8 Å². The predicted octanol–water partition coefficient (Wildman–Crippen LogP) is 5.31. The van der Waals surface area contributed by atoms with Crippen LogP contribution in [-0.2, 0) is 16.2 Å². The van der Waals surface area contributed by atoms with Gasteiger partial charge in [-0.2, -0.15) is 0 Å². The Kier molecular flexibility index (Phi) is 6.42. The van der Waals surface area contributed by atoms with Gasteiger partial charge >= 0.3 is 6.03 Å². The summed E-state index contributed by atoms with van der Waals surface area (Å²) in [6.45, 7) is 4.16.